The van der Waals surface area contributed by atoms with Crippen LogP contribution in [-0.2, 0) is 0 Å². The second-order valence-corrected chi connectivity index (χ2v) is 4.14. The Labute approximate surface area is 90.2 Å². The van der Waals surface area contributed by atoms with Gasteiger partial charge in [-0.05, 0) is 29.6 Å². The van der Waals surface area contributed by atoms with E-state index < -0.39 is 17.7 Å². The molecular weight excluding hydrogens is 216 g/mol. The van der Waals surface area contributed by atoms with E-state index >= 15 is 0 Å². The molecule has 1 heterocycles. The number of halogens is 2. The first-order valence-corrected chi connectivity index (χ1v) is 5.30. The molecule has 2 rings (SSSR count). The van der Waals surface area contributed by atoms with Crippen LogP contribution in [0.3, 0.4) is 0 Å². The van der Waals surface area contributed by atoms with Gasteiger partial charge in [-0.1, -0.05) is 6.07 Å². The smallest absolute Gasteiger partial charge is 0.128 e. The highest BCUT2D eigenvalue weighted by Gasteiger charge is 2.14. The van der Waals surface area contributed by atoms with Gasteiger partial charge in [0.1, 0.15) is 11.6 Å². The number of rotatable bonds is 2. The van der Waals surface area contributed by atoms with Crippen molar-refractivity contribution in [2.45, 2.75) is 6.04 Å². The molecule has 0 aliphatic heterocycles. The molecule has 0 bridgehead atoms. The summed E-state index contributed by atoms with van der Waals surface area (Å²) < 4.78 is 26.3. The second kappa shape index (κ2) is 4.08. The minimum atomic E-state index is -0.597. The van der Waals surface area contributed by atoms with Gasteiger partial charge in [-0.25, -0.2) is 8.78 Å². The minimum Gasteiger partial charge on any atom is -0.320 e. The molecule has 1 atom stereocenters. The summed E-state index contributed by atoms with van der Waals surface area (Å²) in [6.45, 7) is 0. The fourth-order valence-corrected chi connectivity index (χ4v) is 2.12. The van der Waals surface area contributed by atoms with Crippen molar-refractivity contribution in [3.8, 4) is 0 Å². The Morgan fingerprint density at radius 2 is 2.00 bits per heavy atom. The number of nitrogens with two attached hydrogens (primary N) is 1. The van der Waals surface area contributed by atoms with E-state index in [0.717, 1.165) is 23.1 Å². The average molecular weight is 225 g/mol. The average Bonchev–Trinajstić information content (AvgIpc) is 2.74. The van der Waals surface area contributed by atoms with E-state index in [1.165, 1.54) is 11.3 Å². The van der Waals surface area contributed by atoms with Crippen LogP contribution >= 0.6 is 11.3 Å². The van der Waals surface area contributed by atoms with Gasteiger partial charge < -0.3 is 5.73 Å². The van der Waals surface area contributed by atoms with Gasteiger partial charge in [-0.3, -0.25) is 0 Å². The van der Waals surface area contributed by atoms with Crippen LogP contribution in [0.2, 0.25) is 0 Å². The lowest BCUT2D eigenvalue weighted by molar-refractivity contribution is 0.578. The van der Waals surface area contributed by atoms with Gasteiger partial charge in [0, 0.05) is 10.4 Å². The zero-order valence-electron chi connectivity index (χ0n) is 7.78. The van der Waals surface area contributed by atoms with E-state index in [-0.39, 0.29) is 5.56 Å². The van der Waals surface area contributed by atoms with Gasteiger partial charge in [-0.2, -0.15) is 0 Å². The molecule has 0 unspecified atom stereocenters. The Morgan fingerprint density at radius 3 is 2.67 bits per heavy atom. The predicted octanol–water partition coefficient (Wildman–Crippen LogP) is 3.07. The zero-order valence-corrected chi connectivity index (χ0v) is 8.60. The molecule has 2 N–H and O–H groups in total. The molecule has 1 aromatic heterocycles. The maximum Gasteiger partial charge on any atom is 0.128 e. The number of benzene rings is 1. The van der Waals surface area contributed by atoms with Crippen LogP contribution in [0.1, 0.15) is 16.5 Å². The number of hydrogen-bond donors (Lipinski definition) is 1. The molecule has 0 saturated heterocycles. The molecule has 2 aromatic rings. The summed E-state index contributed by atoms with van der Waals surface area (Å²) in [5.41, 5.74) is 6.03. The van der Waals surface area contributed by atoms with Crippen molar-refractivity contribution in [1.29, 1.82) is 0 Å². The first-order valence-electron chi connectivity index (χ1n) is 4.42. The SMILES string of the molecule is N[C@@H](c1cccs1)c1cc(F)ccc1F. The summed E-state index contributed by atoms with van der Waals surface area (Å²) in [5, 5.41) is 1.85. The first-order chi connectivity index (χ1) is 7.18. The molecule has 0 fully saturated rings. The van der Waals surface area contributed by atoms with Crippen molar-refractivity contribution in [2.75, 3.05) is 0 Å². The molecule has 78 valence electrons. The van der Waals surface area contributed by atoms with E-state index in [9.17, 15) is 8.78 Å². The van der Waals surface area contributed by atoms with Crippen molar-refractivity contribution in [3.05, 3.63) is 57.8 Å². The Bertz CT molecular complexity index is 454. The molecule has 1 aromatic carbocycles. The van der Waals surface area contributed by atoms with Crippen LogP contribution in [0.25, 0.3) is 0 Å². The topological polar surface area (TPSA) is 26.0 Å². The van der Waals surface area contributed by atoms with E-state index in [1.807, 2.05) is 11.4 Å². The molecule has 0 saturated carbocycles. The van der Waals surface area contributed by atoms with Crippen LogP contribution in [0.15, 0.2) is 35.7 Å². The monoisotopic (exact) mass is 225 g/mol. The fraction of sp³-hybridized carbons (Fsp3) is 0.0909. The highest BCUT2D eigenvalue weighted by Crippen LogP contribution is 2.25. The molecule has 15 heavy (non-hydrogen) atoms. The van der Waals surface area contributed by atoms with Crippen LogP contribution in [0.5, 0.6) is 0 Å². The van der Waals surface area contributed by atoms with E-state index in [0.29, 0.717) is 0 Å². The quantitative estimate of drug-likeness (QED) is 0.835. The molecule has 4 heteroatoms. The fourth-order valence-electron chi connectivity index (χ4n) is 1.37. The number of hydrogen-bond acceptors (Lipinski definition) is 2. The van der Waals surface area contributed by atoms with Crippen molar-refractivity contribution in [2.24, 2.45) is 5.73 Å². The highest BCUT2D eigenvalue weighted by molar-refractivity contribution is 7.10. The summed E-state index contributed by atoms with van der Waals surface area (Å²) in [4.78, 5) is 0.819. The minimum absolute atomic E-state index is 0.192. The molecule has 0 aliphatic carbocycles. The van der Waals surface area contributed by atoms with Crippen molar-refractivity contribution >= 4 is 11.3 Å². The molecule has 0 spiro atoms. The van der Waals surface area contributed by atoms with Crippen molar-refractivity contribution < 1.29 is 8.78 Å². The van der Waals surface area contributed by atoms with Crippen LogP contribution in [0.4, 0.5) is 8.78 Å². The van der Waals surface area contributed by atoms with Gasteiger partial charge in [0.05, 0.1) is 6.04 Å². The normalized spacial score (nSPS) is 12.7. The maximum absolute atomic E-state index is 13.4. The third-order valence-corrected chi connectivity index (χ3v) is 3.10. The number of thiophene rings is 1. The van der Waals surface area contributed by atoms with Gasteiger partial charge in [0.25, 0.3) is 0 Å². The van der Waals surface area contributed by atoms with Gasteiger partial charge in [-0.15, -0.1) is 11.3 Å². The lowest BCUT2D eigenvalue weighted by Gasteiger charge is -2.10. The zero-order chi connectivity index (χ0) is 10.8. The Kier molecular flexibility index (Phi) is 2.79. The highest BCUT2D eigenvalue weighted by atomic mass is 32.1. The lowest BCUT2D eigenvalue weighted by Crippen LogP contribution is -2.12. The standard InChI is InChI=1S/C11H9F2NS/c12-7-3-4-9(13)8(6-7)11(14)10-2-1-5-15-10/h1-6,11H,14H2/t11-/m1/s1. The third kappa shape index (κ3) is 2.06. The van der Waals surface area contributed by atoms with Crippen LogP contribution in [0, 0.1) is 11.6 Å². The third-order valence-electron chi connectivity index (χ3n) is 2.14. The molecule has 0 radical (unpaired) electrons. The molecular formula is C11H9F2NS. The molecule has 0 amide bonds. The summed E-state index contributed by atoms with van der Waals surface area (Å²) >= 11 is 1.43. The largest absolute Gasteiger partial charge is 0.320 e. The summed E-state index contributed by atoms with van der Waals surface area (Å²) in [5.74, 6) is -0.948. The van der Waals surface area contributed by atoms with Crippen LogP contribution < -0.4 is 5.73 Å². The Morgan fingerprint density at radius 1 is 1.20 bits per heavy atom. The molecule has 1 nitrogen and oxygen atoms in total. The van der Waals surface area contributed by atoms with Gasteiger partial charge in [0.2, 0.25) is 0 Å². The Hall–Kier alpha value is -1.26. The van der Waals surface area contributed by atoms with Crippen molar-refractivity contribution in [1.82, 2.24) is 0 Å². The summed E-state index contributed by atoms with van der Waals surface area (Å²) in [6, 6.07) is 6.36. The van der Waals surface area contributed by atoms with E-state index in [4.69, 9.17) is 5.73 Å². The van der Waals surface area contributed by atoms with E-state index in [1.54, 1.807) is 6.07 Å². The van der Waals surface area contributed by atoms with Gasteiger partial charge in [0.15, 0.2) is 0 Å². The second-order valence-electron chi connectivity index (χ2n) is 3.16. The predicted molar refractivity (Wildman–Crippen MR) is 56.7 cm³/mol. The Balaban J connectivity index is 2.41. The van der Waals surface area contributed by atoms with Crippen LogP contribution in [-0.4, -0.2) is 0 Å². The lowest BCUT2D eigenvalue weighted by atomic mass is 10.1. The van der Waals surface area contributed by atoms with E-state index in [2.05, 4.69) is 0 Å². The first kappa shape index (κ1) is 10.3. The summed E-state index contributed by atoms with van der Waals surface area (Å²) in [7, 11) is 0. The summed E-state index contributed by atoms with van der Waals surface area (Å²) in [6.07, 6.45) is 0. The van der Waals surface area contributed by atoms with Crippen molar-refractivity contribution in [3.63, 3.8) is 0 Å². The van der Waals surface area contributed by atoms with Gasteiger partial charge >= 0.3 is 0 Å². The maximum atomic E-state index is 13.4. The molecule has 0 aliphatic rings.